The van der Waals surface area contributed by atoms with E-state index in [0.29, 0.717) is 6.54 Å². The summed E-state index contributed by atoms with van der Waals surface area (Å²) in [6.45, 7) is 5.36. The number of rotatable bonds is 6. The first kappa shape index (κ1) is 16.7. The summed E-state index contributed by atoms with van der Waals surface area (Å²) in [4.78, 5) is 19.0. The molecule has 3 rings (SSSR count). The van der Waals surface area contributed by atoms with Gasteiger partial charge >= 0.3 is 0 Å². The summed E-state index contributed by atoms with van der Waals surface area (Å²) in [5.41, 5.74) is 2.55. The topological polar surface area (TPSA) is 50.2 Å². The molecule has 1 saturated heterocycles. The SMILES string of the molecule is Cc1cccc(CN2CCCC[C@@H]2C(=O)NCCn2ccnc2)c1. The van der Waals surface area contributed by atoms with E-state index < -0.39 is 0 Å². The molecule has 1 aliphatic rings. The fourth-order valence-corrected chi connectivity index (χ4v) is 3.37. The van der Waals surface area contributed by atoms with Crippen LogP contribution in [0.5, 0.6) is 0 Å². The number of nitrogens with one attached hydrogen (secondary N) is 1. The van der Waals surface area contributed by atoms with Crippen LogP contribution in [0.4, 0.5) is 0 Å². The molecule has 0 aliphatic carbocycles. The lowest BCUT2D eigenvalue weighted by molar-refractivity contribution is -0.127. The number of carbonyl (C=O) groups is 1. The number of likely N-dealkylation sites (tertiary alicyclic amines) is 1. The molecule has 0 unspecified atom stereocenters. The van der Waals surface area contributed by atoms with Crippen LogP contribution in [0.25, 0.3) is 0 Å². The highest BCUT2D eigenvalue weighted by Gasteiger charge is 2.28. The van der Waals surface area contributed by atoms with E-state index in [0.717, 1.165) is 32.5 Å². The lowest BCUT2D eigenvalue weighted by Crippen LogP contribution is -2.49. The van der Waals surface area contributed by atoms with E-state index in [1.54, 1.807) is 12.5 Å². The Kier molecular flexibility index (Phi) is 5.64. The highest BCUT2D eigenvalue weighted by Crippen LogP contribution is 2.20. The van der Waals surface area contributed by atoms with Gasteiger partial charge in [0.05, 0.1) is 12.4 Å². The third-order valence-corrected chi connectivity index (χ3v) is 4.61. The lowest BCUT2D eigenvalue weighted by atomic mass is 10.00. The average Bonchev–Trinajstić information content (AvgIpc) is 3.09. The smallest absolute Gasteiger partial charge is 0.237 e. The molecule has 1 amide bonds. The Bertz CT molecular complexity index is 653. The van der Waals surface area contributed by atoms with E-state index in [1.807, 2.05) is 10.8 Å². The Morgan fingerprint density at radius 2 is 2.29 bits per heavy atom. The van der Waals surface area contributed by atoms with Gasteiger partial charge in [0.2, 0.25) is 5.91 Å². The largest absolute Gasteiger partial charge is 0.353 e. The normalized spacial score (nSPS) is 18.5. The predicted molar refractivity (Wildman–Crippen MR) is 94.5 cm³/mol. The van der Waals surface area contributed by atoms with Gasteiger partial charge in [0.1, 0.15) is 0 Å². The van der Waals surface area contributed by atoms with E-state index in [4.69, 9.17) is 0 Å². The molecule has 2 heterocycles. The van der Waals surface area contributed by atoms with Crippen molar-refractivity contribution in [2.75, 3.05) is 13.1 Å². The van der Waals surface area contributed by atoms with Crippen molar-refractivity contribution in [1.82, 2.24) is 19.8 Å². The van der Waals surface area contributed by atoms with Gasteiger partial charge in [-0.1, -0.05) is 36.2 Å². The number of benzene rings is 1. The summed E-state index contributed by atoms with van der Waals surface area (Å²) in [7, 11) is 0. The zero-order valence-corrected chi connectivity index (χ0v) is 14.3. The van der Waals surface area contributed by atoms with Crippen LogP contribution in [-0.4, -0.2) is 39.5 Å². The van der Waals surface area contributed by atoms with E-state index in [1.165, 1.54) is 17.5 Å². The minimum atomic E-state index is -0.0120. The van der Waals surface area contributed by atoms with Crippen LogP contribution >= 0.6 is 0 Å². The molecule has 0 bridgehead atoms. The molecule has 1 aromatic carbocycles. The maximum Gasteiger partial charge on any atom is 0.237 e. The number of piperidine rings is 1. The number of imidazole rings is 1. The Hall–Kier alpha value is -2.14. The zero-order valence-electron chi connectivity index (χ0n) is 14.3. The van der Waals surface area contributed by atoms with Crippen molar-refractivity contribution < 1.29 is 4.79 Å². The second kappa shape index (κ2) is 8.11. The Morgan fingerprint density at radius 1 is 1.38 bits per heavy atom. The Labute approximate surface area is 143 Å². The third-order valence-electron chi connectivity index (χ3n) is 4.61. The van der Waals surface area contributed by atoms with Crippen LogP contribution < -0.4 is 5.32 Å². The first-order valence-corrected chi connectivity index (χ1v) is 8.75. The number of carbonyl (C=O) groups excluding carboxylic acids is 1. The second-order valence-electron chi connectivity index (χ2n) is 6.56. The van der Waals surface area contributed by atoms with Gasteiger partial charge in [-0.25, -0.2) is 4.98 Å². The van der Waals surface area contributed by atoms with Gasteiger partial charge in [-0.05, 0) is 31.9 Å². The highest BCUT2D eigenvalue weighted by molar-refractivity contribution is 5.81. The van der Waals surface area contributed by atoms with Crippen LogP contribution in [0.3, 0.4) is 0 Å². The van der Waals surface area contributed by atoms with Gasteiger partial charge in [0.25, 0.3) is 0 Å². The molecular weight excluding hydrogens is 300 g/mol. The van der Waals surface area contributed by atoms with Gasteiger partial charge in [-0.2, -0.15) is 0 Å². The molecule has 1 aromatic heterocycles. The van der Waals surface area contributed by atoms with Crippen LogP contribution in [0, 0.1) is 6.92 Å². The van der Waals surface area contributed by atoms with Gasteiger partial charge in [0, 0.05) is 32.0 Å². The Morgan fingerprint density at radius 3 is 3.08 bits per heavy atom. The summed E-state index contributed by atoms with van der Waals surface area (Å²) in [6, 6.07) is 8.55. The second-order valence-corrected chi connectivity index (χ2v) is 6.56. The summed E-state index contributed by atoms with van der Waals surface area (Å²) in [5.74, 6) is 0.155. The van der Waals surface area contributed by atoms with Crippen molar-refractivity contribution in [1.29, 1.82) is 0 Å². The summed E-state index contributed by atoms with van der Waals surface area (Å²) < 4.78 is 1.98. The number of hydrogen-bond acceptors (Lipinski definition) is 3. The predicted octanol–water partition coefficient (Wildman–Crippen LogP) is 2.36. The highest BCUT2D eigenvalue weighted by atomic mass is 16.2. The van der Waals surface area contributed by atoms with E-state index in [9.17, 15) is 4.79 Å². The number of nitrogens with zero attached hydrogens (tertiary/aromatic N) is 3. The fourth-order valence-electron chi connectivity index (χ4n) is 3.37. The van der Waals surface area contributed by atoms with Crippen LogP contribution in [0.2, 0.25) is 0 Å². The Balaban J connectivity index is 1.55. The molecule has 0 radical (unpaired) electrons. The molecule has 1 aliphatic heterocycles. The third kappa shape index (κ3) is 4.45. The molecule has 1 N–H and O–H groups in total. The fraction of sp³-hybridized carbons (Fsp3) is 0.474. The molecule has 0 spiro atoms. The van der Waals surface area contributed by atoms with Crippen LogP contribution in [0.15, 0.2) is 43.0 Å². The molecule has 128 valence electrons. The quantitative estimate of drug-likeness (QED) is 0.886. The number of hydrogen-bond donors (Lipinski definition) is 1. The first-order chi connectivity index (χ1) is 11.7. The van der Waals surface area contributed by atoms with Gasteiger partial charge in [-0.3, -0.25) is 9.69 Å². The minimum absolute atomic E-state index is 0.0120. The van der Waals surface area contributed by atoms with Crippen LogP contribution in [0.1, 0.15) is 30.4 Å². The van der Waals surface area contributed by atoms with Gasteiger partial charge in [0.15, 0.2) is 0 Å². The molecule has 1 atom stereocenters. The molecule has 24 heavy (non-hydrogen) atoms. The van der Waals surface area contributed by atoms with Crippen LogP contribution in [-0.2, 0) is 17.9 Å². The van der Waals surface area contributed by atoms with Crippen molar-refractivity contribution in [2.45, 2.75) is 45.3 Å². The van der Waals surface area contributed by atoms with E-state index >= 15 is 0 Å². The van der Waals surface area contributed by atoms with E-state index in [-0.39, 0.29) is 11.9 Å². The van der Waals surface area contributed by atoms with Gasteiger partial charge in [-0.15, -0.1) is 0 Å². The molecule has 2 aromatic rings. The molecule has 5 nitrogen and oxygen atoms in total. The minimum Gasteiger partial charge on any atom is -0.353 e. The molecule has 1 fully saturated rings. The number of aryl methyl sites for hydroxylation is 1. The standard InChI is InChI=1S/C19H26N4O/c1-16-5-4-6-17(13-16)14-23-10-3-2-7-18(23)19(24)21-9-12-22-11-8-20-15-22/h4-6,8,11,13,15,18H,2-3,7,9-10,12,14H2,1H3,(H,21,24)/t18-/m1/s1. The van der Waals surface area contributed by atoms with Gasteiger partial charge < -0.3 is 9.88 Å². The monoisotopic (exact) mass is 326 g/mol. The van der Waals surface area contributed by atoms with Crippen molar-refractivity contribution >= 4 is 5.91 Å². The number of amides is 1. The lowest BCUT2D eigenvalue weighted by Gasteiger charge is -2.34. The average molecular weight is 326 g/mol. The van der Waals surface area contributed by atoms with Crippen molar-refractivity contribution in [3.8, 4) is 0 Å². The summed E-state index contributed by atoms with van der Waals surface area (Å²) in [5, 5.41) is 3.09. The molecular formula is C19H26N4O. The zero-order chi connectivity index (χ0) is 16.8. The summed E-state index contributed by atoms with van der Waals surface area (Å²) in [6.07, 6.45) is 8.69. The maximum atomic E-state index is 12.6. The number of aromatic nitrogens is 2. The van der Waals surface area contributed by atoms with E-state index in [2.05, 4.69) is 46.4 Å². The van der Waals surface area contributed by atoms with Crippen molar-refractivity contribution in [2.24, 2.45) is 0 Å². The summed E-state index contributed by atoms with van der Waals surface area (Å²) >= 11 is 0. The van der Waals surface area contributed by atoms with Crippen molar-refractivity contribution in [3.63, 3.8) is 0 Å². The molecule has 0 saturated carbocycles. The first-order valence-electron chi connectivity index (χ1n) is 8.75. The molecule has 5 heteroatoms. The van der Waals surface area contributed by atoms with Crippen molar-refractivity contribution in [3.05, 3.63) is 54.1 Å². The maximum absolute atomic E-state index is 12.6.